The van der Waals surface area contributed by atoms with E-state index in [4.69, 9.17) is 4.74 Å². The summed E-state index contributed by atoms with van der Waals surface area (Å²) in [7, 11) is 0. The Morgan fingerprint density at radius 2 is 2.12 bits per heavy atom. The lowest BCUT2D eigenvalue weighted by Crippen LogP contribution is -1.99. The second-order valence-electron chi connectivity index (χ2n) is 3.41. The summed E-state index contributed by atoms with van der Waals surface area (Å²) >= 11 is 3.33. The van der Waals surface area contributed by atoms with E-state index >= 15 is 0 Å². The van der Waals surface area contributed by atoms with Gasteiger partial charge in [-0.15, -0.1) is 0 Å². The Balaban J connectivity index is 2.05. The van der Waals surface area contributed by atoms with E-state index in [0.717, 1.165) is 11.4 Å². The topological polar surface area (TPSA) is 35.0 Å². The highest BCUT2D eigenvalue weighted by atomic mass is 79.9. The smallest absolute Gasteiger partial charge is 0.152 e. The van der Waals surface area contributed by atoms with Crippen LogP contribution in [0.1, 0.15) is 11.3 Å². The highest BCUT2D eigenvalue weighted by Crippen LogP contribution is 2.21. The lowest BCUT2D eigenvalue weighted by molar-refractivity contribution is 0.298. The third-order valence-corrected chi connectivity index (χ3v) is 2.67. The molecule has 0 aromatic carbocycles. The van der Waals surface area contributed by atoms with Crippen LogP contribution in [0.15, 0.2) is 41.3 Å². The molecule has 82 valence electrons. The van der Waals surface area contributed by atoms with Gasteiger partial charge in [-0.25, -0.2) is 4.98 Å². The van der Waals surface area contributed by atoms with Gasteiger partial charge < -0.3 is 4.74 Å². The molecule has 16 heavy (non-hydrogen) atoms. The molecule has 3 nitrogen and oxygen atoms in total. The van der Waals surface area contributed by atoms with E-state index in [-0.39, 0.29) is 0 Å². The molecule has 0 radical (unpaired) electrons. The van der Waals surface area contributed by atoms with Crippen LogP contribution in [0.2, 0.25) is 0 Å². The average molecular weight is 279 g/mol. The number of hydrogen-bond acceptors (Lipinski definition) is 3. The van der Waals surface area contributed by atoms with Crippen molar-refractivity contribution < 1.29 is 4.74 Å². The van der Waals surface area contributed by atoms with Crippen LogP contribution in [-0.2, 0) is 6.61 Å². The molecule has 0 aliphatic carbocycles. The fraction of sp³-hybridized carbons (Fsp3) is 0.167. The molecule has 0 saturated carbocycles. The molecule has 0 N–H and O–H groups in total. The summed E-state index contributed by atoms with van der Waals surface area (Å²) in [6.07, 6.45) is 3.49. The summed E-state index contributed by atoms with van der Waals surface area (Å²) in [4.78, 5) is 8.30. The molecule has 2 rings (SSSR count). The summed E-state index contributed by atoms with van der Waals surface area (Å²) < 4.78 is 6.32. The summed E-state index contributed by atoms with van der Waals surface area (Å²) in [5.41, 5.74) is 2.09. The third-order valence-electron chi connectivity index (χ3n) is 2.07. The molecule has 0 aliphatic heterocycles. The zero-order valence-electron chi connectivity index (χ0n) is 8.85. The maximum Gasteiger partial charge on any atom is 0.152 e. The highest BCUT2D eigenvalue weighted by molar-refractivity contribution is 9.10. The minimum absolute atomic E-state index is 0.450. The molecule has 0 aliphatic rings. The predicted octanol–water partition coefficient (Wildman–Crippen LogP) is 3.13. The summed E-state index contributed by atoms with van der Waals surface area (Å²) in [5, 5.41) is 0. The molecule has 0 amide bonds. The Labute approximate surface area is 103 Å². The molecule has 4 heteroatoms. The summed E-state index contributed by atoms with van der Waals surface area (Å²) in [5.74, 6) is 0.728. The Kier molecular flexibility index (Phi) is 3.51. The van der Waals surface area contributed by atoms with E-state index in [9.17, 15) is 0 Å². The van der Waals surface area contributed by atoms with Gasteiger partial charge in [-0.05, 0) is 52.7 Å². The van der Waals surface area contributed by atoms with Crippen molar-refractivity contribution in [2.75, 3.05) is 0 Å². The van der Waals surface area contributed by atoms with E-state index in [1.54, 1.807) is 12.4 Å². The summed E-state index contributed by atoms with van der Waals surface area (Å²) in [6, 6.07) is 7.67. The molecule has 0 fully saturated rings. The Morgan fingerprint density at radius 3 is 2.88 bits per heavy atom. The minimum Gasteiger partial charge on any atom is -0.484 e. The first kappa shape index (κ1) is 11.1. The molecule has 0 spiro atoms. The Hall–Kier alpha value is -1.42. The molecule has 0 unspecified atom stereocenters. The van der Waals surface area contributed by atoms with Gasteiger partial charge in [0, 0.05) is 12.4 Å². The second kappa shape index (κ2) is 5.07. The van der Waals surface area contributed by atoms with Crippen LogP contribution in [0.25, 0.3) is 0 Å². The van der Waals surface area contributed by atoms with E-state index in [0.29, 0.717) is 11.2 Å². The lowest BCUT2D eigenvalue weighted by atomic mass is 10.2. The third kappa shape index (κ3) is 2.79. The van der Waals surface area contributed by atoms with Crippen LogP contribution in [-0.4, -0.2) is 9.97 Å². The zero-order valence-corrected chi connectivity index (χ0v) is 10.4. The number of halogens is 1. The van der Waals surface area contributed by atoms with E-state index in [2.05, 4.69) is 25.9 Å². The van der Waals surface area contributed by atoms with Crippen molar-refractivity contribution in [2.45, 2.75) is 13.5 Å². The van der Waals surface area contributed by atoms with E-state index in [1.165, 1.54) is 5.56 Å². The maximum absolute atomic E-state index is 5.61. The van der Waals surface area contributed by atoms with Crippen LogP contribution < -0.4 is 4.74 Å². The van der Waals surface area contributed by atoms with Crippen LogP contribution in [0.4, 0.5) is 0 Å². The van der Waals surface area contributed by atoms with Crippen LogP contribution >= 0.6 is 15.9 Å². The molecule has 2 aromatic heterocycles. The van der Waals surface area contributed by atoms with Crippen LogP contribution in [0.3, 0.4) is 0 Å². The van der Waals surface area contributed by atoms with Gasteiger partial charge in [0.2, 0.25) is 0 Å². The van der Waals surface area contributed by atoms with Gasteiger partial charge in [-0.1, -0.05) is 0 Å². The predicted molar refractivity (Wildman–Crippen MR) is 65.2 cm³/mol. The van der Waals surface area contributed by atoms with Crippen molar-refractivity contribution in [3.63, 3.8) is 0 Å². The van der Waals surface area contributed by atoms with Crippen LogP contribution in [0.5, 0.6) is 5.75 Å². The Morgan fingerprint density at radius 1 is 1.25 bits per heavy atom. The zero-order chi connectivity index (χ0) is 11.4. The molecule has 0 bridgehead atoms. The van der Waals surface area contributed by atoms with Crippen molar-refractivity contribution in [1.82, 2.24) is 9.97 Å². The van der Waals surface area contributed by atoms with E-state index < -0.39 is 0 Å². The fourth-order valence-electron chi connectivity index (χ4n) is 1.31. The second-order valence-corrected chi connectivity index (χ2v) is 4.16. The van der Waals surface area contributed by atoms with Gasteiger partial charge in [-0.2, -0.15) is 0 Å². The first-order valence-electron chi connectivity index (χ1n) is 4.90. The molecular formula is C12H11BrN2O. The number of rotatable bonds is 3. The number of aryl methyl sites for hydroxylation is 1. The minimum atomic E-state index is 0.450. The van der Waals surface area contributed by atoms with Gasteiger partial charge in [-0.3, -0.25) is 4.98 Å². The first-order chi connectivity index (χ1) is 7.75. The number of pyridine rings is 2. The van der Waals surface area contributed by atoms with E-state index in [1.807, 2.05) is 31.2 Å². The van der Waals surface area contributed by atoms with Crippen molar-refractivity contribution in [1.29, 1.82) is 0 Å². The van der Waals surface area contributed by atoms with Gasteiger partial charge in [0.05, 0.1) is 5.69 Å². The number of aromatic nitrogens is 2. The Bertz CT molecular complexity index is 488. The molecule has 0 saturated heterocycles. The van der Waals surface area contributed by atoms with Crippen molar-refractivity contribution in [2.24, 2.45) is 0 Å². The summed E-state index contributed by atoms with van der Waals surface area (Å²) in [6.45, 7) is 2.48. The molecule has 2 heterocycles. The highest BCUT2D eigenvalue weighted by Gasteiger charge is 2.01. The first-order valence-corrected chi connectivity index (χ1v) is 5.70. The average Bonchev–Trinajstić information content (AvgIpc) is 2.28. The van der Waals surface area contributed by atoms with Gasteiger partial charge >= 0.3 is 0 Å². The van der Waals surface area contributed by atoms with Crippen molar-refractivity contribution in [3.8, 4) is 5.75 Å². The van der Waals surface area contributed by atoms with Gasteiger partial charge in [0.15, 0.2) is 5.75 Å². The monoisotopic (exact) mass is 278 g/mol. The standard InChI is InChI=1S/C12H11BrN2O/c1-9-4-6-14-10(7-9)8-16-11-3-2-5-15-12(11)13/h2-7H,8H2,1H3. The quantitative estimate of drug-likeness (QED) is 0.810. The molecular weight excluding hydrogens is 268 g/mol. The normalized spacial score (nSPS) is 10.1. The fourth-order valence-corrected chi connectivity index (χ4v) is 1.67. The van der Waals surface area contributed by atoms with Crippen LogP contribution in [0, 0.1) is 6.92 Å². The van der Waals surface area contributed by atoms with Gasteiger partial charge in [0.25, 0.3) is 0 Å². The molecule has 0 atom stereocenters. The number of ether oxygens (including phenoxy) is 1. The van der Waals surface area contributed by atoms with Gasteiger partial charge in [0.1, 0.15) is 11.2 Å². The largest absolute Gasteiger partial charge is 0.484 e. The lowest BCUT2D eigenvalue weighted by Gasteiger charge is -2.06. The van der Waals surface area contributed by atoms with Crippen molar-refractivity contribution >= 4 is 15.9 Å². The maximum atomic E-state index is 5.61. The molecule has 2 aromatic rings. The van der Waals surface area contributed by atoms with Crippen molar-refractivity contribution in [3.05, 3.63) is 52.5 Å². The SMILES string of the molecule is Cc1ccnc(COc2cccnc2Br)c1. The number of hydrogen-bond donors (Lipinski definition) is 0. The number of nitrogens with zero attached hydrogens (tertiary/aromatic N) is 2.